The van der Waals surface area contributed by atoms with Crippen LogP contribution in [0.5, 0.6) is 40.2 Å². The van der Waals surface area contributed by atoms with E-state index in [2.05, 4.69) is 88.8 Å². The molecule has 766 valence electrons. The summed E-state index contributed by atoms with van der Waals surface area (Å²) >= 11 is 46.2. The van der Waals surface area contributed by atoms with Gasteiger partial charge in [-0.1, -0.05) is 165 Å². The quantitative estimate of drug-likeness (QED) is 0.0206. The third kappa shape index (κ3) is 26.2. The SMILES string of the molecule is CCCC(O)COc1ccc(C2c3[nH]c4ccc(Cl)cc4c3CCN2C(=O)Oc2ccc(Cl)cc2)cc1.COC(=O)CCC(O)COc1ccc(C2c3[nH]c4ccc(Cl)cc4c3CCN2C(=O)Oc2ccc(Cl)cc2)cc1.CS(=O)(=O)CCC(O)COc1ccc(C2c3[nH]c4ccc(Cl)cc4c3CCN2C(=O)Oc2ccc(Cl)cc2)cc1.Cc1ccc(C2c3[nH]c4ccc(Br)cc4c3CCN2C(=S)Oc2ccc(F)cc2)cc1. The first kappa shape index (κ1) is 106. The summed E-state index contributed by atoms with van der Waals surface area (Å²) in [5.41, 5.74) is 17.4. The lowest BCUT2D eigenvalue weighted by molar-refractivity contribution is -0.141. The average molecular weight is 2220 g/mol. The number of thiocarbonyl (C=S) groups is 1. The molecule has 0 saturated carbocycles. The molecule has 0 spiro atoms. The third-order valence-electron chi connectivity index (χ3n) is 26.0. The summed E-state index contributed by atoms with van der Waals surface area (Å²) < 4.78 is 81.9. The lowest BCUT2D eigenvalue weighted by atomic mass is 9.92. The van der Waals surface area contributed by atoms with E-state index in [9.17, 15) is 47.3 Å². The van der Waals surface area contributed by atoms with Crippen molar-refractivity contribution in [1.29, 1.82) is 0 Å². The van der Waals surface area contributed by atoms with Crippen LogP contribution >= 0.6 is 97.8 Å². The minimum atomic E-state index is -3.17. The van der Waals surface area contributed by atoms with Gasteiger partial charge in [-0.3, -0.25) is 19.5 Å². The van der Waals surface area contributed by atoms with Gasteiger partial charge in [0.1, 0.15) is 93.8 Å². The Labute approximate surface area is 897 Å². The molecule has 25 nitrogen and oxygen atoms in total. The highest BCUT2D eigenvalue weighted by molar-refractivity contribution is 9.10. The molecule has 148 heavy (non-hydrogen) atoms. The molecule has 7 unspecified atom stereocenters. The van der Waals surface area contributed by atoms with Crippen molar-refractivity contribution in [3.8, 4) is 40.2 Å². The Morgan fingerprint density at radius 2 is 0.689 bits per heavy atom. The number of ether oxygens (including phenoxy) is 8. The van der Waals surface area contributed by atoms with Crippen LogP contribution in [0, 0.1) is 12.7 Å². The number of esters is 1. The third-order valence-corrected chi connectivity index (χ3v) is 29.3. The molecular weight excluding hydrogens is 2120 g/mol. The van der Waals surface area contributed by atoms with Crippen molar-refractivity contribution < 1.29 is 85.2 Å². The van der Waals surface area contributed by atoms with Gasteiger partial charge in [0.25, 0.3) is 5.17 Å². The first-order valence-electron chi connectivity index (χ1n) is 48.0. The summed E-state index contributed by atoms with van der Waals surface area (Å²) in [5.74, 6) is 2.67. The number of aryl methyl sites for hydroxylation is 1. The fourth-order valence-electron chi connectivity index (χ4n) is 18.7. The summed E-state index contributed by atoms with van der Waals surface area (Å²) in [7, 11) is -1.85. The summed E-state index contributed by atoms with van der Waals surface area (Å²) in [4.78, 5) is 72.9. The van der Waals surface area contributed by atoms with Crippen LogP contribution < -0.4 is 33.2 Å². The summed E-state index contributed by atoms with van der Waals surface area (Å²) in [5, 5.41) is 38.5. The Bertz CT molecular complexity index is 7570. The molecule has 20 rings (SSSR count). The zero-order chi connectivity index (χ0) is 104. The molecule has 8 heterocycles. The van der Waals surface area contributed by atoms with Crippen LogP contribution in [0.4, 0.5) is 18.8 Å². The first-order chi connectivity index (χ1) is 71.3. The predicted molar refractivity (Wildman–Crippen MR) is 582 cm³/mol. The Morgan fingerprint density at radius 3 is 1.03 bits per heavy atom. The maximum atomic E-state index is 13.4. The minimum Gasteiger partial charge on any atom is -0.491 e. The van der Waals surface area contributed by atoms with Crippen LogP contribution in [0.2, 0.25) is 30.1 Å². The number of fused-ring (bicyclic) bond motifs is 12. The number of aromatic amines is 4. The van der Waals surface area contributed by atoms with Crippen molar-refractivity contribution in [2.24, 2.45) is 0 Å². The van der Waals surface area contributed by atoms with Crippen LogP contribution in [-0.2, 0) is 45.1 Å². The van der Waals surface area contributed by atoms with Crippen LogP contribution in [0.3, 0.4) is 0 Å². The largest absolute Gasteiger partial charge is 0.491 e. The number of halogens is 8. The number of hydrogen-bond donors (Lipinski definition) is 7. The molecule has 16 aromatic rings. The Balaban J connectivity index is 0.000000135. The molecule has 0 bridgehead atoms. The monoisotopic (exact) mass is 2220 g/mol. The molecule has 7 atom stereocenters. The zero-order valence-corrected chi connectivity index (χ0v) is 88.4. The number of nitrogens with one attached hydrogen (secondary N) is 4. The molecule has 4 aromatic heterocycles. The minimum absolute atomic E-state index is 0.0340. The molecule has 0 radical (unpaired) electrons. The van der Waals surface area contributed by atoms with E-state index in [1.165, 1.54) is 35.8 Å². The van der Waals surface area contributed by atoms with Crippen LogP contribution in [0.25, 0.3) is 43.6 Å². The smallest absolute Gasteiger partial charge is 0.416 e. The highest BCUT2D eigenvalue weighted by Crippen LogP contribution is 2.47. The molecule has 0 fully saturated rings. The maximum Gasteiger partial charge on any atom is 0.416 e. The molecule has 0 aliphatic carbocycles. The second-order valence-electron chi connectivity index (χ2n) is 36.3. The fraction of sp³-hybridized carbons (Fsp3) is 0.248. The highest BCUT2D eigenvalue weighted by Gasteiger charge is 2.41. The average Bonchev–Trinajstić information content (AvgIpc) is 1.60. The number of nitrogens with zero attached hydrogens (tertiary/aromatic N) is 4. The molecular formula is C113H104BrCl6FN8O17S2. The van der Waals surface area contributed by atoms with E-state index in [1.807, 2.05) is 116 Å². The molecule has 35 heteroatoms. The second kappa shape index (κ2) is 48.2. The lowest BCUT2D eigenvalue weighted by Gasteiger charge is -2.37. The normalized spacial score (nSPS) is 15.8. The van der Waals surface area contributed by atoms with Gasteiger partial charge in [0, 0.05) is 140 Å². The van der Waals surface area contributed by atoms with Crippen molar-refractivity contribution in [2.75, 3.05) is 65.1 Å². The number of aliphatic hydroxyl groups excluding tert-OH is 3. The Kier molecular flexibility index (Phi) is 34.7. The van der Waals surface area contributed by atoms with E-state index < -0.39 is 64.6 Å². The van der Waals surface area contributed by atoms with Crippen molar-refractivity contribution in [3.05, 3.63) is 380 Å². The number of benzene rings is 12. The van der Waals surface area contributed by atoms with Crippen LogP contribution in [-0.4, -0.2) is 176 Å². The first-order valence-corrected chi connectivity index (χ1v) is 53.5. The molecule has 4 aliphatic rings. The van der Waals surface area contributed by atoms with E-state index >= 15 is 0 Å². The van der Waals surface area contributed by atoms with Gasteiger partial charge in [-0.15, -0.1) is 0 Å². The van der Waals surface area contributed by atoms with Gasteiger partial charge in [-0.25, -0.2) is 27.2 Å². The molecule has 12 aromatic carbocycles. The van der Waals surface area contributed by atoms with E-state index in [4.69, 9.17) is 115 Å². The molecule has 4 aliphatic heterocycles. The van der Waals surface area contributed by atoms with Gasteiger partial charge in [-0.05, 0) is 315 Å². The van der Waals surface area contributed by atoms with Gasteiger partial charge >= 0.3 is 24.2 Å². The highest BCUT2D eigenvalue weighted by atomic mass is 79.9. The van der Waals surface area contributed by atoms with Gasteiger partial charge in [0.15, 0.2) is 0 Å². The second-order valence-corrected chi connectivity index (χ2v) is 42.5. The molecule has 0 saturated heterocycles. The summed E-state index contributed by atoms with van der Waals surface area (Å²) in [6, 6.07) is 78.7. The maximum absolute atomic E-state index is 13.4. The summed E-state index contributed by atoms with van der Waals surface area (Å²) in [6.45, 7) is 6.41. The predicted octanol–water partition coefficient (Wildman–Crippen LogP) is 26.0. The summed E-state index contributed by atoms with van der Waals surface area (Å²) in [6.07, 6.45) is 2.29. The van der Waals surface area contributed by atoms with Gasteiger partial charge in [0.05, 0.1) is 37.2 Å². The van der Waals surface area contributed by atoms with Crippen LogP contribution in [0.15, 0.2) is 271 Å². The number of rotatable bonds is 25. The van der Waals surface area contributed by atoms with E-state index in [1.54, 1.807) is 124 Å². The van der Waals surface area contributed by atoms with Crippen molar-refractivity contribution >= 4 is 181 Å². The van der Waals surface area contributed by atoms with Crippen LogP contribution in [0.1, 0.15) is 136 Å². The molecule has 3 amide bonds. The van der Waals surface area contributed by atoms with Gasteiger partial charge in [-0.2, -0.15) is 0 Å². The number of carbonyl (C=O) groups is 4. The van der Waals surface area contributed by atoms with Gasteiger partial charge < -0.3 is 78.1 Å². The number of methoxy groups -OCH3 is 1. The van der Waals surface area contributed by atoms with E-state index in [-0.39, 0.29) is 62.7 Å². The lowest BCUT2D eigenvalue weighted by Crippen LogP contribution is -2.42. The standard InChI is InChI=1S/C30H28Cl2N2O6.C29H28Cl2N2O6S.C29H28Cl2N2O4.C25H20BrFN2OS/c1-38-27(36)13-7-21(35)17-39-22-8-2-18(3-9-22)29-28-24(25-16-20(32)6-12-26(25)33-28)14-15-34(29)30(37)40-23-10-4-19(31)5-11-23;1-40(36,37)15-13-21(34)17-38-22-7-2-18(3-8-22)28-27-24(25-16-20(31)6-11-26(25)32-27)12-14-33(28)29(35)39-23-9-4-19(30)5-10-23;1-2-3-21(34)17-36-22-9-4-18(5-10-22)28-27-24(25-16-20(31)8-13-26(25)32-27)14-15-33(28)29(35)37-23-11-6-19(30)7-12-23;1-15-2-4-16(5-3-15)24-23-20(21-14-17(26)6-11-22(21)28-23)12-13-29(24)25(31)30-19-9-7-18(27)8-10-19/h2-6,8-12,16,21,29,33,35H,7,13-15,17H2,1H3;2-11,16,21,28,32,34H,12-15,17H2,1H3;4-13,16,21,28,32,34H,2-3,14-15,17H2,1H3;2-11,14,24,28H,12-13H2,1H3. The van der Waals surface area contributed by atoms with E-state index in [0.29, 0.717) is 121 Å². The number of hydrogen-bond acceptors (Lipinski definition) is 18. The fourth-order valence-corrected chi connectivity index (χ4v) is 21.0. The Hall–Kier alpha value is -12.9. The van der Waals surface area contributed by atoms with Crippen molar-refractivity contribution in [1.82, 2.24) is 39.5 Å². The zero-order valence-electron chi connectivity index (χ0n) is 80.7. The number of H-pyrrole nitrogens is 4. The Morgan fingerprint density at radius 1 is 0.399 bits per heavy atom. The number of aromatic nitrogens is 4. The van der Waals surface area contributed by atoms with E-state index in [0.717, 1.165) is 130 Å². The van der Waals surface area contributed by atoms with Crippen molar-refractivity contribution in [2.45, 2.75) is 114 Å². The topological polar surface area (TPSA) is 313 Å². The molecule has 7 N–H and O–H groups in total. The number of sulfone groups is 1. The number of amides is 3. The number of carbonyl (C=O) groups excluding carboxylic acids is 4. The van der Waals surface area contributed by atoms with Crippen molar-refractivity contribution in [3.63, 3.8) is 0 Å². The number of aliphatic hydroxyl groups is 3. The van der Waals surface area contributed by atoms with Gasteiger partial charge in [0.2, 0.25) is 0 Å².